The van der Waals surface area contributed by atoms with Gasteiger partial charge in [0, 0.05) is 25.6 Å². The SMILES string of the molecule is CC(NC(=O)C1(NC(=O)OCC2c3ccccc3-c3ccccc32)CCN(Cc2ccccc2)C1)C(=O)O. The summed E-state index contributed by atoms with van der Waals surface area (Å²) in [5.41, 5.74) is 4.23. The van der Waals surface area contributed by atoms with Crippen molar-refractivity contribution in [3.05, 3.63) is 95.6 Å². The molecule has 3 aromatic carbocycles. The third-order valence-electron chi connectivity index (χ3n) is 7.44. The molecule has 2 atom stereocenters. The van der Waals surface area contributed by atoms with Gasteiger partial charge in [0.2, 0.25) is 5.91 Å². The standard InChI is InChI=1S/C30H31N3O5/c1-20(27(34)35)31-28(36)30(15-16-33(19-30)17-21-9-3-2-4-10-21)32-29(37)38-18-26-24-13-7-5-11-22(24)23-12-6-8-14-25(23)26/h2-14,20,26H,15-19H2,1H3,(H,31,36)(H,32,37)(H,34,35). The van der Waals surface area contributed by atoms with Crippen molar-refractivity contribution < 1.29 is 24.2 Å². The third kappa shape index (κ3) is 5.13. The Bertz CT molecular complexity index is 1300. The molecule has 0 radical (unpaired) electrons. The van der Waals surface area contributed by atoms with Crippen molar-refractivity contribution in [1.29, 1.82) is 0 Å². The van der Waals surface area contributed by atoms with E-state index in [2.05, 4.69) is 27.7 Å². The van der Waals surface area contributed by atoms with E-state index in [9.17, 15) is 19.5 Å². The number of aliphatic carboxylic acids is 1. The average Bonchev–Trinajstić information content (AvgIpc) is 3.47. The van der Waals surface area contributed by atoms with Crippen LogP contribution in [0.3, 0.4) is 0 Å². The molecule has 2 amide bonds. The molecule has 196 valence electrons. The molecule has 0 aromatic heterocycles. The molecule has 8 heteroatoms. The molecule has 1 heterocycles. The molecule has 0 saturated carbocycles. The Kier molecular flexibility index (Phi) is 7.15. The molecule has 1 aliphatic heterocycles. The van der Waals surface area contributed by atoms with Crippen LogP contribution in [0.4, 0.5) is 4.79 Å². The zero-order valence-corrected chi connectivity index (χ0v) is 21.2. The summed E-state index contributed by atoms with van der Waals surface area (Å²) in [7, 11) is 0. The Balaban J connectivity index is 1.30. The number of likely N-dealkylation sites (tertiary alicyclic amines) is 1. The Morgan fingerprint density at radius 1 is 0.974 bits per heavy atom. The largest absolute Gasteiger partial charge is 0.480 e. The lowest BCUT2D eigenvalue weighted by molar-refractivity contribution is -0.142. The molecule has 8 nitrogen and oxygen atoms in total. The number of hydrogen-bond donors (Lipinski definition) is 3. The second-order valence-electron chi connectivity index (χ2n) is 10.0. The number of rotatable bonds is 8. The van der Waals surface area contributed by atoms with Crippen LogP contribution in [0.25, 0.3) is 11.1 Å². The Morgan fingerprint density at radius 2 is 1.58 bits per heavy atom. The first kappa shape index (κ1) is 25.5. The van der Waals surface area contributed by atoms with Gasteiger partial charge in [0.15, 0.2) is 0 Å². The predicted molar refractivity (Wildman–Crippen MR) is 143 cm³/mol. The fraction of sp³-hybridized carbons (Fsp3) is 0.300. The molecule has 1 aliphatic carbocycles. The van der Waals surface area contributed by atoms with Crippen LogP contribution in [0.1, 0.15) is 36.0 Å². The summed E-state index contributed by atoms with van der Waals surface area (Å²) in [4.78, 5) is 39.9. The lowest BCUT2D eigenvalue weighted by Gasteiger charge is -2.30. The van der Waals surface area contributed by atoms with Crippen LogP contribution in [0, 0.1) is 0 Å². The number of nitrogens with one attached hydrogen (secondary N) is 2. The predicted octanol–water partition coefficient (Wildman–Crippen LogP) is 3.76. The highest BCUT2D eigenvalue weighted by molar-refractivity contribution is 5.93. The van der Waals surface area contributed by atoms with Crippen LogP contribution >= 0.6 is 0 Å². The Labute approximate surface area is 221 Å². The van der Waals surface area contributed by atoms with Gasteiger partial charge in [0.25, 0.3) is 0 Å². The minimum atomic E-state index is -1.30. The molecule has 3 N–H and O–H groups in total. The minimum absolute atomic E-state index is 0.108. The van der Waals surface area contributed by atoms with Crippen molar-refractivity contribution >= 4 is 18.0 Å². The van der Waals surface area contributed by atoms with Crippen molar-refractivity contribution in [1.82, 2.24) is 15.5 Å². The third-order valence-corrected chi connectivity index (χ3v) is 7.44. The zero-order chi connectivity index (χ0) is 26.7. The van der Waals surface area contributed by atoms with Gasteiger partial charge in [-0.2, -0.15) is 0 Å². The number of carboxylic acid groups (broad SMARTS) is 1. The summed E-state index contributed by atoms with van der Waals surface area (Å²) in [6, 6.07) is 24.9. The lowest BCUT2D eigenvalue weighted by Crippen LogP contribution is -2.62. The van der Waals surface area contributed by atoms with E-state index in [0.29, 0.717) is 19.5 Å². The number of ether oxygens (including phenoxy) is 1. The average molecular weight is 514 g/mol. The molecular weight excluding hydrogens is 482 g/mol. The van der Waals surface area contributed by atoms with E-state index in [1.807, 2.05) is 66.7 Å². The van der Waals surface area contributed by atoms with Gasteiger partial charge in [-0.1, -0.05) is 78.9 Å². The topological polar surface area (TPSA) is 108 Å². The number of amides is 2. The summed E-state index contributed by atoms with van der Waals surface area (Å²) in [6.07, 6.45) is -0.367. The number of nitrogens with zero attached hydrogens (tertiary/aromatic N) is 1. The van der Waals surface area contributed by atoms with Crippen LogP contribution in [-0.4, -0.2) is 59.3 Å². The second kappa shape index (κ2) is 10.7. The fourth-order valence-corrected chi connectivity index (χ4v) is 5.44. The molecule has 1 fully saturated rings. The molecule has 0 bridgehead atoms. The van der Waals surface area contributed by atoms with Crippen LogP contribution in [0.2, 0.25) is 0 Å². The van der Waals surface area contributed by atoms with Gasteiger partial charge in [-0.3, -0.25) is 14.5 Å². The van der Waals surface area contributed by atoms with Crippen LogP contribution in [0.15, 0.2) is 78.9 Å². The van der Waals surface area contributed by atoms with Crippen molar-refractivity contribution in [3.8, 4) is 11.1 Å². The van der Waals surface area contributed by atoms with E-state index < -0.39 is 29.6 Å². The van der Waals surface area contributed by atoms with Crippen LogP contribution in [-0.2, 0) is 20.9 Å². The Morgan fingerprint density at radius 3 is 2.21 bits per heavy atom. The van der Waals surface area contributed by atoms with Gasteiger partial charge in [0.05, 0.1) is 0 Å². The van der Waals surface area contributed by atoms with Crippen molar-refractivity contribution in [2.45, 2.75) is 37.4 Å². The number of fused-ring (bicyclic) bond motifs is 3. The number of alkyl carbamates (subject to hydrolysis) is 1. The number of carboxylic acids is 1. The first-order valence-electron chi connectivity index (χ1n) is 12.8. The number of hydrogen-bond acceptors (Lipinski definition) is 5. The molecule has 0 spiro atoms. The van der Waals surface area contributed by atoms with Crippen LogP contribution < -0.4 is 10.6 Å². The maximum Gasteiger partial charge on any atom is 0.408 e. The fourth-order valence-electron chi connectivity index (χ4n) is 5.44. The molecule has 1 saturated heterocycles. The van der Waals surface area contributed by atoms with E-state index >= 15 is 0 Å². The molecule has 2 aliphatic rings. The number of carbonyl (C=O) groups is 3. The van der Waals surface area contributed by atoms with Gasteiger partial charge in [0.1, 0.15) is 18.2 Å². The van der Waals surface area contributed by atoms with Gasteiger partial charge in [-0.05, 0) is 41.2 Å². The Hall–Kier alpha value is -4.17. The summed E-state index contributed by atoms with van der Waals surface area (Å²) < 4.78 is 5.72. The normalized spacial score (nSPS) is 19.3. The highest BCUT2D eigenvalue weighted by Crippen LogP contribution is 2.44. The number of benzene rings is 3. The molecule has 3 aromatic rings. The molecule has 38 heavy (non-hydrogen) atoms. The maximum atomic E-state index is 13.3. The quantitative estimate of drug-likeness (QED) is 0.423. The maximum absolute atomic E-state index is 13.3. The highest BCUT2D eigenvalue weighted by Gasteiger charge is 2.47. The summed E-state index contributed by atoms with van der Waals surface area (Å²) >= 11 is 0. The minimum Gasteiger partial charge on any atom is -0.480 e. The van der Waals surface area contributed by atoms with Gasteiger partial charge >= 0.3 is 12.1 Å². The van der Waals surface area contributed by atoms with Crippen molar-refractivity contribution in [3.63, 3.8) is 0 Å². The van der Waals surface area contributed by atoms with Gasteiger partial charge in [-0.15, -0.1) is 0 Å². The van der Waals surface area contributed by atoms with E-state index in [1.165, 1.54) is 6.92 Å². The monoisotopic (exact) mass is 513 g/mol. The zero-order valence-electron chi connectivity index (χ0n) is 21.2. The summed E-state index contributed by atoms with van der Waals surface area (Å²) in [5, 5.41) is 14.7. The molecule has 5 rings (SSSR count). The molecule has 2 unspecified atom stereocenters. The van der Waals surface area contributed by atoms with E-state index in [-0.39, 0.29) is 19.1 Å². The van der Waals surface area contributed by atoms with Crippen molar-refractivity contribution in [2.75, 3.05) is 19.7 Å². The van der Waals surface area contributed by atoms with E-state index in [0.717, 1.165) is 27.8 Å². The van der Waals surface area contributed by atoms with Gasteiger partial charge < -0.3 is 20.5 Å². The summed E-state index contributed by atoms with van der Waals surface area (Å²) in [5.74, 6) is -1.78. The molecular formula is C30H31N3O5. The first-order chi connectivity index (χ1) is 18.4. The summed E-state index contributed by atoms with van der Waals surface area (Å²) in [6.45, 7) is 2.93. The second-order valence-corrected chi connectivity index (χ2v) is 10.0. The van der Waals surface area contributed by atoms with E-state index in [1.54, 1.807) is 0 Å². The lowest BCUT2D eigenvalue weighted by atomic mass is 9.96. The highest BCUT2D eigenvalue weighted by atomic mass is 16.5. The smallest absolute Gasteiger partial charge is 0.408 e. The number of carbonyl (C=O) groups excluding carboxylic acids is 2. The first-order valence-corrected chi connectivity index (χ1v) is 12.8. The van der Waals surface area contributed by atoms with Crippen LogP contribution in [0.5, 0.6) is 0 Å². The van der Waals surface area contributed by atoms with Crippen molar-refractivity contribution in [2.24, 2.45) is 0 Å². The van der Waals surface area contributed by atoms with E-state index in [4.69, 9.17) is 4.74 Å². The van der Waals surface area contributed by atoms with Gasteiger partial charge in [-0.25, -0.2) is 4.79 Å².